The maximum absolute atomic E-state index is 9.09. The molecular weight excluding hydrogens is 284 g/mol. The van der Waals surface area contributed by atoms with Crippen LogP contribution in [-0.2, 0) is 0 Å². The summed E-state index contributed by atoms with van der Waals surface area (Å²) < 4.78 is 1.09. The summed E-state index contributed by atoms with van der Waals surface area (Å²) in [6.45, 7) is 0. The molecule has 88 valence electrons. The number of rotatable bonds is 1. The number of anilines is 1. The van der Waals surface area contributed by atoms with E-state index < -0.39 is 0 Å². The number of nitrogens with zero attached hydrogens (tertiary/aromatic N) is 1. The molecule has 0 radical (unpaired) electrons. The highest BCUT2D eigenvalue weighted by Crippen LogP contribution is 2.42. The van der Waals surface area contributed by atoms with Gasteiger partial charge < -0.3 is 5.73 Å². The topological polar surface area (TPSA) is 49.8 Å². The number of nitrogen functional groups attached to an aromatic ring is 1. The minimum Gasteiger partial charge on any atom is -0.389 e. The molecule has 0 bridgehead atoms. The zero-order chi connectivity index (χ0) is 12.7. The summed E-state index contributed by atoms with van der Waals surface area (Å²) in [5.41, 5.74) is 7.50. The summed E-state index contributed by atoms with van der Waals surface area (Å²) >= 11 is 8.99. The van der Waals surface area contributed by atoms with E-state index in [0.29, 0.717) is 10.6 Å². The highest BCUT2D eigenvalue weighted by atomic mass is 35.5. The Labute approximate surface area is 117 Å². The van der Waals surface area contributed by atoms with Gasteiger partial charge in [-0.25, -0.2) is 0 Å². The smallest absolute Gasteiger partial charge is 0.106 e. The van der Waals surface area contributed by atoms with E-state index in [1.54, 1.807) is 11.3 Å². The van der Waals surface area contributed by atoms with Gasteiger partial charge in [0.1, 0.15) is 11.1 Å². The van der Waals surface area contributed by atoms with Gasteiger partial charge in [0, 0.05) is 15.3 Å². The van der Waals surface area contributed by atoms with Crippen LogP contribution in [0.5, 0.6) is 0 Å². The number of hydrogen-bond acceptors (Lipinski definition) is 4. The lowest BCUT2D eigenvalue weighted by atomic mass is 10.1. The van der Waals surface area contributed by atoms with Crippen molar-refractivity contribution in [3.63, 3.8) is 0 Å². The fraction of sp³-hybridized carbons (Fsp3) is 0. The molecule has 18 heavy (non-hydrogen) atoms. The van der Waals surface area contributed by atoms with Gasteiger partial charge in [-0.1, -0.05) is 23.7 Å². The lowest BCUT2D eigenvalue weighted by Gasteiger charge is -1.96. The molecule has 5 heteroatoms. The Morgan fingerprint density at radius 3 is 2.56 bits per heavy atom. The monoisotopic (exact) mass is 290 g/mol. The summed E-state index contributed by atoms with van der Waals surface area (Å²) in [4.78, 5) is 1.13. The van der Waals surface area contributed by atoms with Crippen molar-refractivity contribution in [3.8, 4) is 16.5 Å². The van der Waals surface area contributed by atoms with Crippen molar-refractivity contribution in [3.05, 3.63) is 40.9 Å². The third-order valence-corrected chi connectivity index (χ3v) is 5.22. The first-order valence-electron chi connectivity index (χ1n) is 5.17. The fourth-order valence-electron chi connectivity index (χ4n) is 1.78. The van der Waals surface area contributed by atoms with Crippen LogP contribution in [0.2, 0.25) is 5.02 Å². The molecule has 2 aromatic heterocycles. The van der Waals surface area contributed by atoms with Crippen molar-refractivity contribution in [1.82, 2.24) is 0 Å². The van der Waals surface area contributed by atoms with Crippen LogP contribution < -0.4 is 5.73 Å². The predicted molar refractivity (Wildman–Crippen MR) is 79.3 cm³/mol. The molecular formula is C13H7ClN2S2. The number of benzene rings is 1. The first-order valence-corrected chi connectivity index (χ1v) is 7.18. The van der Waals surface area contributed by atoms with E-state index in [0.717, 1.165) is 24.9 Å². The molecule has 2 nitrogen and oxygen atoms in total. The minimum atomic E-state index is 0.589. The Balaban J connectivity index is 2.17. The number of fused-ring (bicyclic) bond motifs is 1. The third-order valence-electron chi connectivity index (χ3n) is 2.66. The van der Waals surface area contributed by atoms with Gasteiger partial charge in [-0.15, -0.1) is 22.7 Å². The molecule has 0 aliphatic carbocycles. The molecule has 0 aliphatic rings. The zero-order valence-corrected chi connectivity index (χ0v) is 11.5. The Bertz CT molecular complexity index is 763. The average Bonchev–Trinajstić information content (AvgIpc) is 2.86. The summed E-state index contributed by atoms with van der Waals surface area (Å²) in [6, 6.07) is 11.9. The van der Waals surface area contributed by atoms with Crippen molar-refractivity contribution in [2.24, 2.45) is 0 Å². The minimum absolute atomic E-state index is 0.589. The standard InChI is InChI=1S/C13H7ClN2S2/c14-8-3-1-7(2-4-8)11-5-9-10(6-15)12(16)18-13(9)17-11/h1-5H,16H2. The van der Waals surface area contributed by atoms with Crippen LogP contribution in [0.1, 0.15) is 5.56 Å². The van der Waals surface area contributed by atoms with Gasteiger partial charge in [-0.05, 0) is 23.8 Å². The van der Waals surface area contributed by atoms with Crippen LogP contribution in [0.4, 0.5) is 5.00 Å². The van der Waals surface area contributed by atoms with Gasteiger partial charge >= 0.3 is 0 Å². The molecule has 0 spiro atoms. The highest BCUT2D eigenvalue weighted by molar-refractivity contribution is 7.41. The first-order chi connectivity index (χ1) is 8.69. The van der Waals surface area contributed by atoms with Gasteiger partial charge in [0.25, 0.3) is 0 Å². The van der Waals surface area contributed by atoms with Gasteiger partial charge in [0.15, 0.2) is 0 Å². The molecule has 2 heterocycles. The van der Waals surface area contributed by atoms with Gasteiger partial charge in [-0.2, -0.15) is 5.26 Å². The summed E-state index contributed by atoms with van der Waals surface area (Å²) in [7, 11) is 0. The normalized spacial score (nSPS) is 10.7. The predicted octanol–water partition coefficient (Wildman–Crippen LogP) is 4.74. The molecule has 0 fully saturated rings. The van der Waals surface area contributed by atoms with E-state index in [1.165, 1.54) is 11.3 Å². The van der Waals surface area contributed by atoms with E-state index in [-0.39, 0.29) is 0 Å². The maximum atomic E-state index is 9.09. The van der Waals surface area contributed by atoms with Crippen LogP contribution in [0.25, 0.3) is 19.8 Å². The maximum Gasteiger partial charge on any atom is 0.106 e. The van der Waals surface area contributed by atoms with Gasteiger partial charge in [0.05, 0.1) is 9.58 Å². The van der Waals surface area contributed by atoms with Crippen molar-refractivity contribution >= 4 is 48.7 Å². The molecule has 0 atom stereocenters. The molecule has 3 aromatic rings. The van der Waals surface area contributed by atoms with E-state index in [4.69, 9.17) is 22.6 Å². The molecule has 0 saturated carbocycles. The average molecular weight is 291 g/mol. The Kier molecular flexibility index (Phi) is 2.75. The van der Waals surface area contributed by atoms with Crippen LogP contribution in [0.15, 0.2) is 30.3 Å². The van der Waals surface area contributed by atoms with E-state index in [2.05, 4.69) is 6.07 Å². The van der Waals surface area contributed by atoms with Crippen molar-refractivity contribution in [1.29, 1.82) is 5.26 Å². The molecule has 0 aliphatic heterocycles. The lowest BCUT2D eigenvalue weighted by Crippen LogP contribution is -1.81. The first kappa shape index (κ1) is 11.5. The van der Waals surface area contributed by atoms with E-state index in [1.807, 2.05) is 30.3 Å². The molecule has 0 amide bonds. The van der Waals surface area contributed by atoms with Crippen LogP contribution in [0.3, 0.4) is 0 Å². The molecule has 1 aromatic carbocycles. The van der Waals surface area contributed by atoms with Crippen LogP contribution in [0, 0.1) is 11.3 Å². The van der Waals surface area contributed by atoms with Gasteiger partial charge in [-0.3, -0.25) is 0 Å². The van der Waals surface area contributed by atoms with Crippen molar-refractivity contribution < 1.29 is 0 Å². The number of thiophene rings is 2. The second kappa shape index (κ2) is 4.29. The fourth-order valence-corrected chi connectivity index (χ4v) is 4.24. The van der Waals surface area contributed by atoms with Crippen molar-refractivity contribution in [2.75, 3.05) is 5.73 Å². The second-order valence-corrected chi connectivity index (χ2v) is 6.57. The van der Waals surface area contributed by atoms with Crippen molar-refractivity contribution in [2.45, 2.75) is 0 Å². The number of hydrogen-bond donors (Lipinski definition) is 1. The lowest BCUT2D eigenvalue weighted by molar-refractivity contribution is 1.52. The quantitative estimate of drug-likeness (QED) is 0.704. The highest BCUT2D eigenvalue weighted by Gasteiger charge is 2.13. The van der Waals surface area contributed by atoms with E-state index in [9.17, 15) is 0 Å². The molecule has 2 N–H and O–H groups in total. The Morgan fingerprint density at radius 2 is 1.89 bits per heavy atom. The number of halogens is 1. The van der Waals surface area contributed by atoms with Crippen LogP contribution >= 0.6 is 34.3 Å². The SMILES string of the molecule is N#Cc1c(N)sc2sc(-c3ccc(Cl)cc3)cc12. The zero-order valence-electron chi connectivity index (χ0n) is 9.11. The summed E-state index contributed by atoms with van der Waals surface area (Å²) in [5, 5.41) is 11.4. The Morgan fingerprint density at radius 1 is 1.17 bits per heavy atom. The summed E-state index contributed by atoms with van der Waals surface area (Å²) in [5.74, 6) is 0. The van der Waals surface area contributed by atoms with Gasteiger partial charge in [0.2, 0.25) is 0 Å². The van der Waals surface area contributed by atoms with Crippen LogP contribution in [-0.4, -0.2) is 0 Å². The largest absolute Gasteiger partial charge is 0.389 e. The number of nitrogens with two attached hydrogens (primary N) is 1. The second-order valence-electron chi connectivity index (χ2n) is 3.77. The summed E-state index contributed by atoms with van der Waals surface area (Å²) in [6.07, 6.45) is 0. The number of nitriles is 1. The third kappa shape index (κ3) is 1.77. The molecule has 0 unspecified atom stereocenters. The van der Waals surface area contributed by atoms with E-state index >= 15 is 0 Å². The molecule has 0 saturated heterocycles. The molecule has 3 rings (SSSR count). The Hall–Kier alpha value is -1.54.